The van der Waals surface area contributed by atoms with Crippen molar-refractivity contribution in [2.75, 3.05) is 12.0 Å². The van der Waals surface area contributed by atoms with Gasteiger partial charge in [0, 0.05) is 18.4 Å². The van der Waals surface area contributed by atoms with E-state index in [4.69, 9.17) is 32.7 Å². The summed E-state index contributed by atoms with van der Waals surface area (Å²) in [6, 6.07) is 12.8. The molecular formula is C26H20Cl2N2O9S. The summed E-state index contributed by atoms with van der Waals surface area (Å²) in [7, 11) is -3.56. The van der Waals surface area contributed by atoms with Crippen molar-refractivity contribution in [1.82, 2.24) is 4.90 Å². The lowest BCUT2D eigenvalue weighted by Gasteiger charge is -2.24. The van der Waals surface area contributed by atoms with Crippen molar-refractivity contribution in [1.29, 1.82) is 0 Å². The molecule has 0 unspecified atom stereocenters. The maximum atomic E-state index is 13.2. The smallest absolute Gasteiger partial charge is 0.329 e. The largest absolute Gasteiger partial charge is 0.459 e. The van der Waals surface area contributed by atoms with E-state index in [1.165, 1.54) is 36.4 Å². The van der Waals surface area contributed by atoms with E-state index in [9.17, 15) is 32.9 Å². The van der Waals surface area contributed by atoms with Crippen LogP contribution in [0.5, 0.6) is 11.5 Å². The molecule has 4 rings (SSSR count). The van der Waals surface area contributed by atoms with Gasteiger partial charge in [0.25, 0.3) is 17.5 Å². The minimum atomic E-state index is -3.56. The van der Waals surface area contributed by atoms with Gasteiger partial charge in [-0.25, -0.2) is 13.2 Å². The van der Waals surface area contributed by atoms with Crippen molar-refractivity contribution in [3.63, 3.8) is 0 Å². The Kier molecular flexibility index (Phi) is 8.43. The summed E-state index contributed by atoms with van der Waals surface area (Å²) in [6.45, 7) is -0.285. The number of amides is 2. The monoisotopic (exact) mass is 606 g/mol. The number of esters is 1. The lowest BCUT2D eigenvalue weighted by Crippen LogP contribution is -2.46. The number of hydrogen-bond acceptors (Lipinski definition) is 9. The van der Waals surface area contributed by atoms with E-state index in [0.29, 0.717) is 22.0 Å². The van der Waals surface area contributed by atoms with E-state index in [-0.39, 0.29) is 39.9 Å². The van der Waals surface area contributed by atoms with Gasteiger partial charge in [-0.05, 0) is 48.4 Å². The third kappa shape index (κ3) is 6.58. The molecule has 0 aliphatic carbocycles. The predicted octanol–water partition coefficient (Wildman–Crippen LogP) is 4.84. The predicted molar refractivity (Wildman–Crippen MR) is 144 cm³/mol. The highest BCUT2D eigenvalue weighted by molar-refractivity contribution is 7.90. The number of non-ortho nitro benzene ring substituents is 1. The van der Waals surface area contributed by atoms with Crippen LogP contribution in [-0.2, 0) is 26.0 Å². The van der Waals surface area contributed by atoms with E-state index >= 15 is 0 Å². The first kappa shape index (κ1) is 29.0. The Bertz CT molecular complexity index is 1580. The normalized spacial score (nSPS) is 13.6. The number of halogens is 2. The summed E-state index contributed by atoms with van der Waals surface area (Å²) in [6.07, 6.45) is 0.585. The Balaban J connectivity index is 1.50. The Morgan fingerprint density at radius 3 is 2.12 bits per heavy atom. The van der Waals surface area contributed by atoms with E-state index in [2.05, 4.69) is 0 Å². The zero-order valence-corrected chi connectivity index (χ0v) is 23.0. The number of sulfone groups is 1. The van der Waals surface area contributed by atoms with E-state index in [0.717, 1.165) is 6.26 Å². The second-order valence-corrected chi connectivity index (χ2v) is 11.9. The molecule has 0 N–H and O–H groups in total. The van der Waals surface area contributed by atoms with Crippen LogP contribution in [0.15, 0.2) is 60.7 Å². The maximum absolute atomic E-state index is 13.2. The highest BCUT2D eigenvalue weighted by Gasteiger charge is 2.44. The van der Waals surface area contributed by atoms with Gasteiger partial charge in [-0.3, -0.25) is 24.6 Å². The third-order valence-electron chi connectivity index (χ3n) is 5.87. The van der Waals surface area contributed by atoms with Gasteiger partial charge in [0.05, 0.1) is 31.8 Å². The number of rotatable bonds is 10. The number of nitro benzene ring substituents is 1. The maximum Gasteiger partial charge on any atom is 0.329 e. The van der Waals surface area contributed by atoms with Crippen LogP contribution in [-0.4, -0.2) is 54.1 Å². The van der Waals surface area contributed by atoms with Crippen molar-refractivity contribution in [2.24, 2.45) is 0 Å². The van der Waals surface area contributed by atoms with Crippen molar-refractivity contribution < 1.29 is 37.2 Å². The van der Waals surface area contributed by atoms with Crippen LogP contribution in [0.2, 0.25) is 10.0 Å². The van der Waals surface area contributed by atoms with E-state index < -0.39 is 44.3 Å². The van der Waals surface area contributed by atoms with Crippen LogP contribution in [0.25, 0.3) is 0 Å². The van der Waals surface area contributed by atoms with Gasteiger partial charge >= 0.3 is 5.97 Å². The summed E-state index contributed by atoms with van der Waals surface area (Å²) >= 11 is 12.0. The van der Waals surface area contributed by atoms with Crippen LogP contribution >= 0.6 is 23.2 Å². The molecule has 0 saturated carbocycles. The molecule has 1 aliphatic rings. The summed E-state index contributed by atoms with van der Waals surface area (Å²) < 4.78 is 34.8. The molecule has 0 spiro atoms. The molecule has 0 fully saturated rings. The standard InChI is InChI=1S/C26H20Cl2N2O9S/c1-40(36,37)10-9-23(29-24(31)19-12-21(27)22(28)13-20(19)25(29)32)26(33)38-14-15-3-2-4-18(11-15)39-17-7-5-16(6-8-17)30(34)35/h2-8,11-13,23H,9-10,14H2,1H3/t23-/m1/s1. The number of benzene rings is 3. The molecule has 14 heteroatoms. The number of fused-ring (bicyclic) bond motifs is 1. The average molecular weight is 607 g/mol. The van der Waals surface area contributed by atoms with Gasteiger partial charge in [0.1, 0.15) is 34.0 Å². The van der Waals surface area contributed by atoms with Crippen molar-refractivity contribution in [3.05, 3.63) is 97.5 Å². The Labute approximate surface area is 238 Å². The summed E-state index contributed by atoms with van der Waals surface area (Å²) in [4.78, 5) is 50.3. The van der Waals surface area contributed by atoms with Gasteiger partial charge < -0.3 is 9.47 Å². The Hall–Kier alpha value is -4.00. The van der Waals surface area contributed by atoms with Crippen molar-refractivity contribution in [2.45, 2.75) is 19.1 Å². The number of carbonyl (C=O) groups is 3. The number of nitro groups is 1. The van der Waals surface area contributed by atoms with Crippen molar-refractivity contribution in [3.8, 4) is 11.5 Å². The fraction of sp³-hybridized carbons (Fsp3) is 0.192. The summed E-state index contributed by atoms with van der Waals surface area (Å²) in [5.74, 6) is -2.44. The Morgan fingerprint density at radius 1 is 0.975 bits per heavy atom. The van der Waals surface area contributed by atoms with Gasteiger partial charge in [-0.1, -0.05) is 35.3 Å². The third-order valence-corrected chi connectivity index (χ3v) is 7.57. The first-order valence-corrected chi connectivity index (χ1v) is 14.4. The highest BCUT2D eigenvalue weighted by atomic mass is 35.5. The zero-order valence-electron chi connectivity index (χ0n) is 20.7. The molecular weight excluding hydrogens is 587 g/mol. The molecule has 2 amide bonds. The molecule has 0 bridgehead atoms. The van der Waals surface area contributed by atoms with Crippen LogP contribution in [0.4, 0.5) is 5.69 Å². The second-order valence-electron chi connectivity index (χ2n) is 8.83. The SMILES string of the molecule is CS(=O)(=O)CC[C@H](C(=O)OCc1cccc(Oc2ccc([N+](=O)[O-])cc2)c1)N1C(=O)c2cc(Cl)c(Cl)cc2C1=O. The molecule has 0 aromatic heterocycles. The molecule has 3 aromatic carbocycles. The molecule has 3 aromatic rings. The molecule has 0 radical (unpaired) electrons. The van der Waals surface area contributed by atoms with Crippen molar-refractivity contribution >= 4 is 56.5 Å². The molecule has 1 aliphatic heterocycles. The lowest BCUT2D eigenvalue weighted by atomic mass is 10.1. The fourth-order valence-electron chi connectivity index (χ4n) is 3.94. The van der Waals surface area contributed by atoms with Crippen LogP contribution in [0, 0.1) is 10.1 Å². The van der Waals surface area contributed by atoms with Gasteiger partial charge in [0.2, 0.25) is 0 Å². The highest BCUT2D eigenvalue weighted by Crippen LogP contribution is 2.33. The number of ether oxygens (including phenoxy) is 2. The number of imide groups is 1. The molecule has 0 saturated heterocycles. The van der Waals surface area contributed by atoms with E-state index in [1.54, 1.807) is 24.3 Å². The molecule has 40 heavy (non-hydrogen) atoms. The molecule has 208 valence electrons. The quantitative estimate of drug-likeness (QED) is 0.137. The first-order chi connectivity index (χ1) is 18.8. The minimum absolute atomic E-state index is 0.0366. The molecule has 1 atom stereocenters. The van der Waals surface area contributed by atoms with Gasteiger partial charge in [-0.15, -0.1) is 0 Å². The first-order valence-electron chi connectivity index (χ1n) is 11.6. The van der Waals surface area contributed by atoms with Crippen LogP contribution in [0.3, 0.4) is 0 Å². The zero-order chi connectivity index (χ0) is 29.2. The average Bonchev–Trinajstić information content (AvgIpc) is 3.12. The van der Waals surface area contributed by atoms with Crippen LogP contribution in [0.1, 0.15) is 32.7 Å². The van der Waals surface area contributed by atoms with Gasteiger partial charge in [0.15, 0.2) is 0 Å². The lowest BCUT2D eigenvalue weighted by molar-refractivity contribution is -0.384. The molecule has 1 heterocycles. The fourth-order valence-corrected chi connectivity index (χ4v) is 4.91. The van der Waals surface area contributed by atoms with Gasteiger partial charge in [-0.2, -0.15) is 0 Å². The number of nitrogens with zero attached hydrogens (tertiary/aromatic N) is 2. The topological polar surface area (TPSA) is 150 Å². The molecule has 11 nitrogen and oxygen atoms in total. The summed E-state index contributed by atoms with van der Waals surface area (Å²) in [5, 5.41) is 10.9. The number of carbonyl (C=O) groups excluding carboxylic acids is 3. The summed E-state index contributed by atoms with van der Waals surface area (Å²) in [5.41, 5.74) is 0.263. The second kappa shape index (κ2) is 11.6. The number of hydrogen-bond donors (Lipinski definition) is 0. The van der Waals surface area contributed by atoms with E-state index in [1.807, 2.05) is 0 Å². The Morgan fingerprint density at radius 2 is 1.57 bits per heavy atom. The minimum Gasteiger partial charge on any atom is -0.459 e. The van der Waals surface area contributed by atoms with Crippen LogP contribution < -0.4 is 4.74 Å².